The Kier molecular flexibility index (Phi) is 4.33. The molecule has 8 heteroatoms. The Balaban J connectivity index is 1.86. The summed E-state index contributed by atoms with van der Waals surface area (Å²) in [6.07, 6.45) is 2.86. The Morgan fingerprint density at radius 2 is 2.15 bits per heavy atom. The molecule has 2 atom stereocenters. The van der Waals surface area contributed by atoms with Crippen LogP contribution in [-0.2, 0) is 16.1 Å². The number of nitro groups is 1. The molecule has 0 aliphatic carbocycles. The first kappa shape index (κ1) is 14.4. The standard InChI is InChI=1S/C12H18N4O4/c1-9-6-14(7-10(2)20-9)12(17)3-4-15-8-11(5-13-15)16(18)19/h5,8-10H,3-4,6-7H2,1-2H3/t9-,10-/m0/s1. The molecule has 20 heavy (non-hydrogen) atoms. The molecule has 1 fully saturated rings. The normalized spacial score (nSPS) is 22.8. The maximum absolute atomic E-state index is 12.1. The SMILES string of the molecule is C[C@H]1CN(C(=O)CCn2cc([N+](=O)[O-])cn2)C[C@H](C)O1. The van der Waals surface area contributed by atoms with Crippen molar-refractivity contribution in [3.63, 3.8) is 0 Å². The number of nitrogens with zero attached hydrogens (tertiary/aromatic N) is 4. The van der Waals surface area contributed by atoms with Crippen LogP contribution in [0, 0.1) is 10.1 Å². The first-order valence-electron chi connectivity index (χ1n) is 6.56. The zero-order valence-electron chi connectivity index (χ0n) is 11.6. The van der Waals surface area contributed by atoms with Crippen LogP contribution in [0.4, 0.5) is 5.69 Å². The first-order chi connectivity index (χ1) is 9.45. The van der Waals surface area contributed by atoms with Crippen LogP contribution < -0.4 is 0 Å². The molecule has 1 aliphatic rings. The van der Waals surface area contributed by atoms with Crippen molar-refractivity contribution in [2.24, 2.45) is 0 Å². The van der Waals surface area contributed by atoms with Crippen molar-refractivity contribution >= 4 is 11.6 Å². The van der Waals surface area contributed by atoms with Gasteiger partial charge in [0.15, 0.2) is 0 Å². The molecule has 0 bridgehead atoms. The zero-order chi connectivity index (χ0) is 14.7. The van der Waals surface area contributed by atoms with E-state index in [-0.39, 0.29) is 30.2 Å². The number of rotatable bonds is 4. The van der Waals surface area contributed by atoms with E-state index in [1.54, 1.807) is 4.90 Å². The van der Waals surface area contributed by atoms with Gasteiger partial charge < -0.3 is 9.64 Å². The Hall–Kier alpha value is -1.96. The van der Waals surface area contributed by atoms with E-state index >= 15 is 0 Å². The molecule has 1 aromatic rings. The molecule has 2 rings (SSSR count). The third-order valence-corrected chi connectivity index (χ3v) is 3.16. The van der Waals surface area contributed by atoms with Gasteiger partial charge in [0, 0.05) is 26.1 Å². The highest BCUT2D eigenvalue weighted by Crippen LogP contribution is 2.13. The van der Waals surface area contributed by atoms with Gasteiger partial charge in [-0.3, -0.25) is 19.6 Å². The predicted molar refractivity (Wildman–Crippen MR) is 70.1 cm³/mol. The summed E-state index contributed by atoms with van der Waals surface area (Å²) in [5, 5.41) is 14.4. The predicted octanol–water partition coefficient (Wildman–Crippen LogP) is 0.817. The van der Waals surface area contributed by atoms with Gasteiger partial charge in [-0.05, 0) is 13.8 Å². The van der Waals surface area contributed by atoms with Gasteiger partial charge in [-0.15, -0.1) is 0 Å². The van der Waals surface area contributed by atoms with Crippen LogP contribution >= 0.6 is 0 Å². The summed E-state index contributed by atoms with van der Waals surface area (Å²) in [6, 6.07) is 0. The van der Waals surface area contributed by atoms with Crippen LogP contribution in [-0.4, -0.2) is 50.8 Å². The fourth-order valence-corrected chi connectivity index (χ4v) is 2.32. The van der Waals surface area contributed by atoms with Crippen molar-refractivity contribution in [3.8, 4) is 0 Å². The van der Waals surface area contributed by atoms with Crippen molar-refractivity contribution in [2.75, 3.05) is 13.1 Å². The lowest BCUT2D eigenvalue weighted by Crippen LogP contribution is -2.48. The highest BCUT2D eigenvalue weighted by molar-refractivity contribution is 5.76. The van der Waals surface area contributed by atoms with Crippen molar-refractivity contribution in [2.45, 2.75) is 39.0 Å². The summed E-state index contributed by atoms with van der Waals surface area (Å²) in [5.41, 5.74) is -0.0638. The minimum atomic E-state index is -0.503. The monoisotopic (exact) mass is 282 g/mol. The average molecular weight is 282 g/mol. The van der Waals surface area contributed by atoms with E-state index in [9.17, 15) is 14.9 Å². The average Bonchev–Trinajstić information content (AvgIpc) is 2.83. The maximum Gasteiger partial charge on any atom is 0.306 e. The van der Waals surface area contributed by atoms with E-state index in [1.807, 2.05) is 13.8 Å². The number of amides is 1. The summed E-state index contributed by atoms with van der Waals surface area (Å²) in [5.74, 6) is 0.0187. The van der Waals surface area contributed by atoms with Crippen LogP contribution in [0.1, 0.15) is 20.3 Å². The van der Waals surface area contributed by atoms with Crippen LogP contribution in [0.5, 0.6) is 0 Å². The molecule has 0 aromatic carbocycles. The molecule has 1 saturated heterocycles. The minimum Gasteiger partial charge on any atom is -0.372 e. The summed E-state index contributed by atoms with van der Waals surface area (Å²) >= 11 is 0. The third-order valence-electron chi connectivity index (χ3n) is 3.16. The zero-order valence-corrected chi connectivity index (χ0v) is 11.6. The summed E-state index contributed by atoms with van der Waals surface area (Å²) in [7, 11) is 0. The second-order valence-electron chi connectivity index (χ2n) is 5.02. The number of carbonyl (C=O) groups is 1. The summed E-state index contributed by atoms with van der Waals surface area (Å²) in [6.45, 7) is 5.39. The van der Waals surface area contributed by atoms with Gasteiger partial charge in [-0.1, -0.05) is 0 Å². The van der Waals surface area contributed by atoms with Gasteiger partial charge >= 0.3 is 5.69 Å². The third kappa shape index (κ3) is 3.53. The van der Waals surface area contributed by atoms with Gasteiger partial charge in [0.2, 0.25) is 5.91 Å². The van der Waals surface area contributed by atoms with Gasteiger partial charge in [0.1, 0.15) is 12.4 Å². The van der Waals surface area contributed by atoms with E-state index < -0.39 is 4.92 Å². The van der Waals surface area contributed by atoms with Crippen molar-refractivity contribution < 1.29 is 14.5 Å². The molecular weight excluding hydrogens is 264 g/mol. The van der Waals surface area contributed by atoms with Crippen molar-refractivity contribution in [1.29, 1.82) is 0 Å². The van der Waals surface area contributed by atoms with Gasteiger partial charge in [0.05, 0.1) is 17.1 Å². The van der Waals surface area contributed by atoms with Crippen LogP contribution in [0.15, 0.2) is 12.4 Å². The molecule has 1 aromatic heterocycles. The van der Waals surface area contributed by atoms with E-state index in [0.29, 0.717) is 19.6 Å². The molecule has 0 saturated carbocycles. The Bertz CT molecular complexity index is 491. The van der Waals surface area contributed by atoms with Crippen molar-refractivity contribution in [3.05, 3.63) is 22.5 Å². The van der Waals surface area contributed by atoms with Crippen LogP contribution in [0.25, 0.3) is 0 Å². The van der Waals surface area contributed by atoms with E-state index in [4.69, 9.17) is 4.74 Å². The number of ether oxygens (including phenoxy) is 1. The fraction of sp³-hybridized carbons (Fsp3) is 0.667. The molecule has 0 spiro atoms. The molecule has 1 amide bonds. The molecule has 1 aliphatic heterocycles. The molecular formula is C12H18N4O4. The van der Waals surface area contributed by atoms with Crippen molar-refractivity contribution in [1.82, 2.24) is 14.7 Å². The summed E-state index contributed by atoms with van der Waals surface area (Å²) in [4.78, 5) is 23.9. The number of aromatic nitrogens is 2. The van der Waals surface area contributed by atoms with Gasteiger partial charge in [-0.2, -0.15) is 5.10 Å². The quantitative estimate of drug-likeness (QED) is 0.602. The Morgan fingerprint density at radius 1 is 1.50 bits per heavy atom. The Morgan fingerprint density at radius 3 is 2.70 bits per heavy atom. The summed E-state index contributed by atoms with van der Waals surface area (Å²) < 4.78 is 6.99. The number of hydrogen-bond donors (Lipinski definition) is 0. The first-order valence-corrected chi connectivity index (χ1v) is 6.56. The lowest BCUT2D eigenvalue weighted by atomic mass is 10.2. The highest BCUT2D eigenvalue weighted by Gasteiger charge is 2.25. The number of carbonyl (C=O) groups excluding carboxylic acids is 1. The largest absolute Gasteiger partial charge is 0.372 e. The van der Waals surface area contributed by atoms with E-state index in [2.05, 4.69) is 5.10 Å². The van der Waals surface area contributed by atoms with Gasteiger partial charge in [-0.25, -0.2) is 0 Å². The van der Waals surface area contributed by atoms with Gasteiger partial charge in [0.25, 0.3) is 0 Å². The topological polar surface area (TPSA) is 90.5 Å². The fourth-order valence-electron chi connectivity index (χ4n) is 2.32. The number of morpholine rings is 1. The Labute approximate surface area is 116 Å². The molecule has 0 N–H and O–H groups in total. The maximum atomic E-state index is 12.1. The lowest BCUT2D eigenvalue weighted by Gasteiger charge is -2.35. The van der Waals surface area contributed by atoms with E-state index in [1.165, 1.54) is 17.1 Å². The number of hydrogen-bond acceptors (Lipinski definition) is 5. The lowest BCUT2D eigenvalue weighted by molar-refractivity contribution is -0.385. The van der Waals surface area contributed by atoms with Crippen LogP contribution in [0.3, 0.4) is 0 Å². The van der Waals surface area contributed by atoms with E-state index in [0.717, 1.165) is 0 Å². The second-order valence-corrected chi connectivity index (χ2v) is 5.02. The molecule has 0 unspecified atom stereocenters. The molecule has 8 nitrogen and oxygen atoms in total. The molecule has 0 radical (unpaired) electrons. The second kappa shape index (κ2) is 6.00. The highest BCUT2D eigenvalue weighted by atomic mass is 16.6. The van der Waals surface area contributed by atoms with Crippen LogP contribution in [0.2, 0.25) is 0 Å². The molecule has 110 valence electrons. The number of aryl methyl sites for hydroxylation is 1. The smallest absolute Gasteiger partial charge is 0.306 e. The minimum absolute atomic E-state index is 0.0187. The molecule has 2 heterocycles.